The van der Waals surface area contributed by atoms with Crippen LogP contribution >= 0.6 is 0 Å². The smallest absolute Gasteiger partial charge is 0.313 e. The molecule has 8 nitrogen and oxygen atoms in total. The van der Waals surface area contributed by atoms with Gasteiger partial charge in [-0.05, 0) is 54.7 Å². The summed E-state index contributed by atoms with van der Waals surface area (Å²) in [5.41, 5.74) is -1.58. The summed E-state index contributed by atoms with van der Waals surface area (Å²) >= 11 is 0. The summed E-state index contributed by atoms with van der Waals surface area (Å²) in [5.74, 6) is -2.66. The molecule has 0 radical (unpaired) electrons. The van der Waals surface area contributed by atoms with Gasteiger partial charge in [0.05, 0.1) is 5.92 Å². The van der Waals surface area contributed by atoms with Crippen LogP contribution < -0.4 is 4.90 Å². The number of fused-ring (bicyclic) bond motifs is 3. The maximum absolute atomic E-state index is 14.5. The Morgan fingerprint density at radius 3 is 2.56 bits per heavy atom. The number of aliphatic hydroxyl groups excluding tert-OH is 1. The number of unbranched alkanes of at least 4 members (excludes halogenated alkanes) is 2. The van der Waals surface area contributed by atoms with E-state index in [9.17, 15) is 19.5 Å². The third kappa shape index (κ3) is 3.92. The van der Waals surface area contributed by atoms with Crippen molar-refractivity contribution in [3.8, 4) is 0 Å². The van der Waals surface area contributed by atoms with Gasteiger partial charge in [-0.1, -0.05) is 55.5 Å². The highest BCUT2D eigenvalue weighted by molar-refractivity contribution is 6.06. The second-order valence-corrected chi connectivity index (χ2v) is 10.9. The van der Waals surface area contributed by atoms with Crippen LogP contribution in [0.4, 0.5) is 5.69 Å². The van der Waals surface area contributed by atoms with Crippen molar-refractivity contribution in [2.75, 3.05) is 31.2 Å². The molecule has 1 spiro atoms. The zero-order valence-electron chi connectivity index (χ0n) is 22.1. The Hall–Kier alpha value is -3.49. The van der Waals surface area contributed by atoms with Gasteiger partial charge in [-0.2, -0.15) is 0 Å². The lowest BCUT2D eigenvalue weighted by Gasteiger charge is -2.38. The number of hydrogen-bond acceptors (Lipinski definition) is 6. The van der Waals surface area contributed by atoms with Crippen LogP contribution in [0.15, 0.2) is 66.8 Å². The van der Waals surface area contributed by atoms with E-state index >= 15 is 0 Å². The van der Waals surface area contributed by atoms with E-state index in [2.05, 4.69) is 0 Å². The summed E-state index contributed by atoms with van der Waals surface area (Å²) < 4.78 is 12.4. The van der Waals surface area contributed by atoms with Crippen LogP contribution in [0.25, 0.3) is 10.8 Å². The topological polar surface area (TPSA) is 96.4 Å². The Morgan fingerprint density at radius 2 is 1.77 bits per heavy atom. The van der Waals surface area contributed by atoms with Gasteiger partial charge < -0.3 is 24.4 Å². The molecule has 1 N–H and O–H groups in total. The van der Waals surface area contributed by atoms with Crippen LogP contribution in [-0.4, -0.2) is 71.3 Å². The lowest BCUT2D eigenvalue weighted by Crippen LogP contribution is -2.56. The number of rotatable bonds is 7. The predicted molar refractivity (Wildman–Crippen MR) is 146 cm³/mol. The fraction of sp³-hybridized carbons (Fsp3) is 0.452. The molecule has 6 rings (SSSR count). The maximum atomic E-state index is 14.5. The third-order valence-corrected chi connectivity index (χ3v) is 8.80. The lowest BCUT2D eigenvalue weighted by atomic mass is 9.73. The Labute approximate surface area is 227 Å². The molecule has 4 aliphatic heterocycles. The van der Waals surface area contributed by atoms with E-state index in [4.69, 9.17) is 9.47 Å². The maximum Gasteiger partial charge on any atom is 0.313 e. The number of aliphatic hydroxyl groups is 1. The van der Waals surface area contributed by atoms with Gasteiger partial charge in [0.2, 0.25) is 5.91 Å². The first-order valence-electron chi connectivity index (χ1n) is 13.9. The molecule has 204 valence electrons. The minimum Gasteiger partial charge on any atom is -0.461 e. The molecule has 2 fully saturated rings. The number of carbonyl (C=O) groups excluding carboxylic acids is 3. The molecule has 39 heavy (non-hydrogen) atoms. The number of anilines is 1. The molecule has 4 aliphatic rings. The van der Waals surface area contributed by atoms with E-state index in [1.54, 1.807) is 15.9 Å². The lowest BCUT2D eigenvalue weighted by molar-refractivity contribution is -0.157. The van der Waals surface area contributed by atoms with Crippen LogP contribution in [0.2, 0.25) is 0 Å². The quantitative estimate of drug-likeness (QED) is 0.335. The van der Waals surface area contributed by atoms with E-state index in [0.717, 1.165) is 22.9 Å². The second kappa shape index (κ2) is 9.92. The standard InChI is InChI=1S/C31H34N2O6/c1-2-30-14-9-19-38-29(37)25(30)24-27(35)33(16-6-3-7-18-34)26-28(36)32(17-8-15-31(24,26)39-30)23-13-12-21-10-4-5-11-22(21)20-23/h4-5,8-15,20,24-26,34H,2-3,6-7,16-19H2,1H3/t24-,25+,26?,30-,31-/m0/s1. The number of ether oxygens (including phenoxy) is 2. The van der Waals surface area contributed by atoms with Crippen molar-refractivity contribution in [1.29, 1.82) is 0 Å². The zero-order valence-corrected chi connectivity index (χ0v) is 22.1. The Bertz CT molecular complexity index is 1370. The van der Waals surface area contributed by atoms with Gasteiger partial charge in [0.1, 0.15) is 29.8 Å². The van der Waals surface area contributed by atoms with E-state index in [-0.39, 0.29) is 25.0 Å². The van der Waals surface area contributed by atoms with Crippen LogP contribution in [-0.2, 0) is 23.9 Å². The van der Waals surface area contributed by atoms with Crippen molar-refractivity contribution in [2.24, 2.45) is 11.8 Å². The highest BCUT2D eigenvalue weighted by Crippen LogP contribution is 2.58. The van der Waals surface area contributed by atoms with E-state index < -0.39 is 35.0 Å². The fourth-order valence-corrected chi connectivity index (χ4v) is 6.98. The number of benzene rings is 2. The van der Waals surface area contributed by atoms with Crippen molar-refractivity contribution in [2.45, 2.75) is 49.9 Å². The Morgan fingerprint density at radius 1 is 0.949 bits per heavy atom. The number of amides is 2. The summed E-state index contributed by atoms with van der Waals surface area (Å²) in [6.07, 6.45) is 9.82. The van der Waals surface area contributed by atoms with Gasteiger partial charge in [0, 0.05) is 25.4 Å². The molecule has 8 heteroatoms. The number of hydrogen-bond donors (Lipinski definition) is 1. The monoisotopic (exact) mass is 530 g/mol. The molecule has 2 aromatic carbocycles. The second-order valence-electron chi connectivity index (χ2n) is 10.9. The van der Waals surface area contributed by atoms with Gasteiger partial charge in [-0.3, -0.25) is 14.4 Å². The molecule has 0 aliphatic carbocycles. The van der Waals surface area contributed by atoms with Crippen molar-refractivity contribution in [3.63, 3.8) is 0 Å². The largest absolute Gasteiger partial charge is 0.461 e. The third-order valence-electron chi connectivity index (χ3n) is 8.80. The molecule has 2 amide bonds. The summed E-state index contributed by atoms with van der Waals surface area (Å²) in [6.45, 7) is 2.80. The number of nitrogens with zero attached hydrogens (tertiary/aromatic N) is 2. The normalized spacial score (nSPS) is 31.6. The summed E-state index contributed by atoms with van der Waals surface area (Å²) in [5, 5.41) is 11.3. The van der Waals surface area contributed by atoms with Crippen molar-refractivity contribution >= 4 is 34.2 Å². The Kier molecular flexibility index (Phi) is 6.55. The summed E-state index contributed by atoms with van der Waals surface area (Å²) in [4.78, 5) is 45.4. The van der Waals surface area contributed by atoms with Crippen molar-refractivity contribution < 1.29 is 29.0 Å². The average Bonchev–Trinajstić information content (AvgIpc) is 3.22. The van der Waals surface area contributed by atoms with Crippen molar-refractivity contribution in [1.82, 2.24) is 4.90 Å². The van der Waals surface area contributed by atoms with Gasteiger partial charge >= 0.3 is 5.97 Å². The summed E-state index contributed by atoms with van der Waals surface area (Å²) in [6, 6.07) is 13.0. The zero-order chi connectivity index (χ0) is 27.2. The van der Waals surface area contributed by atoms with Gasteiger partial charge in [0.25, 0.3) is 5.91 Å². The van der Waals surface area contributed by atoms with Crippen LogP contribution in [0.3, 0.4) is 0 Å². The average molecular weight is 531 g/mol. The number of likely N-dealkylation sites (tertiary alicyclic amines) is 1. The molecule has 0 bridgehead atoms. The molecule has 4 heterocycles. The van der Waals surface area contributed by atoms with E-state index in [1.807, 2.05) is 67.6 Å². The molecule has 5 atom stereocenters. The molecular weight excluding hydrogens is 496 g/mol. The van der Waals surface area contributed by atoms with Crippen LogP contribution in [0.5, 0.6) is 0 Å². The molecule has 2 saturated heterocycles. The minimum absolute atomic E-state index is 0.0731. The van der Waals surface area contributed by atoms with E-state index in [1.165, 1.54) is 0 Å². The first kappa shape index (κ1) is 25.8. The highest BCUT2D eigenvalue weighted by atomic mass is 16.6. The molecule has 2 aromatic rings. The van der Waals surface area contributed by atoms with Gasteiger partial charge in [-0.15, -0.1) is 0 Å². The van der Waals surface area contributed by atoms with Crippen LogP contribution in [0.1, 0.15) is 32.6 Å². The highest BCUT2D eigenvalue weighted by Gasteiger charge is 2.75. The summed E-state index contributed by atoms with van der Waals surface area (Å²) in [7, 11) is 0. The first-order chi connectivity index (χ1) is 19.0. The molecule has 1 unspecified atom stereocenters. The van der Waals surface area contributed by atoms with Gasteiger partial charge in [0.15, 0.2) is 0 Å². The van der Waals surface area contributed by atoms with Crippen molar-refractivity contribution in [3.05, 3.63) is 66.8 Å². The first-order valence-corrected chi connectivity index (χ1v) is 13.9. The Balaban J connectivity index is 1.45. The number of carbonyl (C=O) groups is 3. The molecular formula is C31H34N2O6. The molecule has 0 saturated carbocycles. The number of esters is 1. The predicted octanol–water partition coefficient (Wildman–Crippen LogP) is 3.38. The number of cyclic esters (lactones) is 1. The van der Waals surface area contributed by atoms with Gasteiger partial charge in [-0.25, -0.2) is 0 Å². The fourth-order valence-electron chi connectivity index (χ4n) is 6.98. The van der Waals surface area contributed by atoms with E-state index in [0.29, 0.717) is 32.4 Å². The van der Waals surface area contributed by atoms with Crippen LogP contribution in [0, 0.1) is 11.8 Å². The SMILES string of the molecule is CC[C@]12C=CCOC(=O)[C@H]1[C@H]1C(=O)N(CCCCCO)C3C(=O)N(c4ccc5ccccc5c4)CC=C[C@@]31O2. The molecule has 0 aromatic heterocycles. The minimum atomic E-state index is -1.29.